The molecule has 2 N–H and O–H groups in total. The van der Waals surface area contributed by atoms with Crippen LogP contribution in [-0.2, 0) is 13.1 Å². The minimum absolute atomic E-state index is 0.346. The van der Waals surface area contributed by atoms with Gasteiger partial charge in [0.15, 0.2) is 0 Å². The number of nitrogens with zero attached hydrogens (tertiary/aromatic N) is 2. The van der Waals surface area contributed by atoms with E-state index in [0.29, 0.717) is 12.0 Å². The minimum atomic E-state index is 0.346. The number of fused-ring (bicyclic) bond motifs is 1. The predicted octanol–water partition coefficient (Wildman–Crippen LogP) is 1.44. The Kier molecular flexibility index (Phi) is 2.99. The first-order chi connectivity index (χ1) is 8.11. The molecule has 2 unspecified atom stereocenters. The van der Waals surface area contributed by atoms with Crippen molar-refractivity contribution in [3.8, 4) is 0 Å². The van der Waals surface area contributed by atoms with E-state index < -0.39 is 0 Å². The molecule has 0 spiro atoms. The number of piperidine rings is 1. The van der Waals surface area contributed by atoms with Gasteiger partial charge in [-0.05, 0) is 32.1 Å². The van der Waals surface area contributed by atoms with E-state index in [9.17, 15) is 0 Å². The average Bonchev–Trinajstić information content (AvgIpc) is 2.72. The van der Waals surface area contributed by atoms with Crippen molar-refractivity contribution in [2.45, 2.75) is 31.5 Å². The summed E-state index contributed by atoms with van der Waals surface area (Å²) >= 11 is 2.01. The molecule has 1 saturated heterocycles. The van der Waals surface area contributed by atoms with Crippen LogP contribution in [0.1, 0.15) is 27.7 Å². The highest BCUT2D eigenvalue weighted by molar-refractivity contribution is 7.12. The van der Waals surface area contributed by atoms with Gasteiger partial charge in [-0.15, -0.1) is 11.3 Å². The highest BCUT2D eigenvalue weighted by atomic mass is 32.1. The number of likely N-dealkylation sites (N-methyl/N-ethyl adjacent to an activating group) is 1. The second-order valence-electron chi connectivity index (χ2n) is 5.68. The van der Waals surface area contributed by atoms with Gasteiger partial charge in [-0.25, -0.2) is 0 Å². The van der Waals surface area contributed by atoms with Crippen molar-refractivity contribution in [3.63, 3.8) is 0 Å². The molecular weight excluding hydrogens is 230 g/mol. The molecule has 2 atom stereocenters. The van der Waals surface area contributed by atoms with Crippen LogP contribution in [0.25, 0.3) is 0 Å². The van der Waals surface area contributed by atoms with Gasteiger partial charge in [-0.2, -0.15) is 0 Å². The molecule has 0 saturated carbocycles. The molecule has 0 aromatic carbocycles. The molecular formula is C13H21N3S. The molecule has 1 aromatic rings. The van der Waals surface area contributed by atoms with Gasteiger partial charge in [0.2, 0.25) is 0 Å². The molecule has 3 rings (SSSR count). The van der Waals surface area contributed by atoms with Crippen molar-refractivity contribution >= 4 is 11.3 Å². The summed E-state index contributed by atoms with van der Waals surface area (Å²) < 4.78 is 0. The fourth-order valence-corrected chi connectivity index (χ4v) is 4.48. The lowest BCUT2D eigenvalue weighted by Gasteiger charge is -2.33. The zero-order valence-electron chi connectivity index (χ0n) is 10.6. The number of likely N-dealkylation sites (tertiary alicyclic amines) is 1. The molecule has 2 aliphatic heterocycles. The van der Waals surface area contributed by atoms with E-state index in [1.807, 2.05) is 11.3 Å². The maximum Gasteiger partial charge on any atom is 0.0331 e. The van der Waals surface area contributed by atoms with Gasteiger partial charge in [0.05, 0.1) is 0 Å². The summed E-state index contributed by atoms with van der Waals surface area (Å²) in [6.07, 6.45) is 1.15. The number of rotatable bonds is 1. The quantitative estimate of drug-likeness (QED) is 0.820. The maximum atomic E-state index is 6.12. The Morgan fingerprint density at radius 3 is 2.76 bits per heavy atom. The van der Waals surface area contributed by atoms with E-state index in [2.05, 4.69) is 30.0 Å². The third kappa shape index (κ3) is 2.27. The Hall–Kier alpha value is -0.420. The summed E-state index contributed by atoms with van der Waals surface area (Å²) in [7, 11) is 4.37. The van der Waals surface area contributed by atoms with Crippen LogP contribution in [0, 0.1) is 0 Å². The average molecular weight is 251 g/mol. The standard InChI is InChI=1S/C13H21N3S/c1-15-5-9(3-11(14)7-15)12-4-10-6-16(2)8-13(10)17-12/h4,9,11H,3,5-8,14H2,1-2H3. The zero-order valence-corrected chi connectivity index (χ0v) is 11.5. The van der Waals surface area contributed by atoms with E-state index >= 15 is 0 Å². The van der Waals surface area contributed by atoms with E-state index in [0.717, 1.165) is 26.1 Å². The Balaban J connectivity index is 1.78. The lowest BCUT2D eigenvalue weighted by Crippen LogP contribution is -2.43. The molecule has 3 nitrogen and oxygen atoms in total. The van der Waals surface area contributed by atoms with Crippen LogP contribution in [-0.4, -0.2) is 43.0 Å². The Bertz CT molecular complexity index is 381. The topological polar surface area (TPSA) is 32.5 Å². The Morgan fingerprint density at radius 1 is 1.24 bits per heavy atom. The van der Waals surface area contributed by atoms with E-state index in [1.165, 1.54) is 6.54 Å². The second-order valence-corrected chi connectivity index (χ2v) is 6.85. The molecule has 0 aliphatic carbocycles. The van der Waals surface area contributed by atoms with Crippen LogP contribution in [0.4, 0.5) is 0 Å². The van der Waals surface area contributed by atoms with Gasteiger partial charge in [-0.3, -0.25) is 4.90 Å². The molecule has 1 aromatic heterocycles. The molecule has 4 heteroatoms. The Labute approximate surface area is 107 Å². The van der Waals surface area contributed by atoms with Crippen molar-refractivity contribution in [3.05, 3.63) is 21.4 Å². The first-order valence-electron chi connectivity index (χ1n) is 6.36. The highest BCUT2D eigenvalue weighted by Crippen LogP contribution is 2.37. The predicted molar refractivity (Wildman–Crippen MR) is 72.3 cm³/mol. The number of nitrogens with two attached hydrogens (primary N) is 1. The first kappa shape index (κ1) is 11.7. The largest absolute Gasteiger partial charge is 0.327 e. The summed E-state index contributed by atoms with van der Waals surface area (Å²) in [6.45, 7) is 4.47. The maximum absolute atomic E-state index is 6.12. The molecule has 0 radical (unpaired) electrons. The van der Waals surface area contributed by atoms with Gasteiger partial charge in [-0.1, -0.05) is 0 Å². The number of hydrogen-bond donors (Lipinski definition) is 1. The Morgan fingerprint density at radius 2 is 2.06 bits per heavy atom. The van der Waals surface area contributed by atoms with E-state index in [1.54, 1.807) is 15.3 Å². The lowest BCUT2D eigenvalue weighted by atomic mass is 9.93. The van der Waals surface area contributed by atoms with Crippen molar-refractivity contribution in [2.24, 2.45) is 5.73 Å². The molecule has 1 fully saturated rings. The van der Waals surface area contributed by atoms with Crippen LogP contribution in [0.5, 0.6) is 0 Å². The van der Waals surface area contributed by atoms with Crippen LogP contribution in [0.15, 0.2) is 6.07 Å². The fourth-order valence-electron chi connectivity index (χ4n) is 3.12. The van der Waals surface area contributed by atoms with Crippen LogP contribution in [0.2, 0.25) is 0 Å². The number of hydrogen-bond acceptors (Lipinski definition) is 4. The van der Waals surface area contributed by atoms with Crippen molar-refractivity contribution in [1.29, 1.82) is 0 Å². The first-order valence-corrected chi connectivity index (χ1v) is 7.17. The fraction of sp³-hybridized carbons (Fsp3) is 0.692. The molecule has 94 valence electrons. The summed E-state index contributed by atoms with van der Waals surface area (Å²) in [4.78, 5) is 7.88. The van der Waals surface area contributed by atoms with E-state index in [4.69, 9.17) is 5.73 Å². The van der Waals surface area contributed by atoms with Crippen LogP contribution < -0.4 is 5.73 Å². The summed E-state index contributed by atoms with van der Waals surface area (Å²) in [6, 6.07) is 2.78. The minimum Gasteiger partial charge on any atom is -0.327 e. The lowest BCUT2D eigenvalue weighted by molar-refractivity contribution is 0.228. The SMILES string of the molecule is CN1Cc2cc(C3CC(N)CN(C)C3)sc2C1. The second kappa shape index (κ2) is 4.35. The van der Waals surface area contributed by atoms with Crippen molar-refractivity contribution < 1.29 is 0 Å². The zero-order chi connectivity index (χ0) is 12.0. The van der Waals surface area contributed by atoms with Crippen LogP contribution in [0.3, 0.4) is 0 Å². The van der Waals surface area contributed by atoms with Gasteiger partial charge in [0.1, 0.15) is 0 Å². The molecule has 0 bridgehead atoms. The van der Waals surface area contributed by atoms with Gasteiger partial charge >= 0.3 is 0 Å². The summed E-state index contributed by atoms with van der Waals surface area (Å²) in [5.74, 6) is 0.657. The highest BCUT2D eigenvalue weighted by Gasteiger charge is 2.27. The summed E-state index contributed by atoms with van der Waals surface area (Å²) in [5.41, 5.74) is 7.67. The van der Waals surface area contributed by atoms with Gasteiger partial charge < -0.3 is 10.6 Å². The van der Waals surface area contributed by atoms with Crippen molar-refractivity contribution in [2.75, 3.05) is 27.2 Å². The van der Waals surface area contributed by atoms with Crippen LogP contribution >= 0.6 is 11.3 Å². The monoisotopic (exact) mass is 251 g/mol. The van der Waals surface area contributed by atoms with E-state index in [-0.39, 0.29) is 0 Å². The third-order valence-electron chi connectivity index (χ3n) is 3.84. The molecule has 17 heavy (non-hydrogen) atoms. The van der Waals surface area contributed by atoms with Gasteiger partial charge in [0.25, 0.3) is 0 Å². The third-order valence-corrected chi connectivity index (χ3v) is 5.16. The summed E-state index contributed by atoms with van der Waals surface area (Å²) in [5, 5.41) is 0. The normalized spacial score (nSPS) is 30.8. The molecule has 0 amide bonds. The van der Waals surface area contributed by atoms with Crippen molar-refractivity contribution in [1.82, 2.24) is 9.80 Å². The van der Waals surface area contributed by atoms with Gasteiger partial charge in [0, 0.05) is 47.9 Å². The number of thiophene rings is 1. The smallest absolute Gasteiger partial charge is 0.0331 e. The molecule has 3 heterocycles. The molecule has 2 aliphatic rings.